The van der Waals surface area contributed by atoms with Crippen LogP contribution in [0.3, 0.4) is 0 Å². The molecule has 100 valence electrons. The third-order valence-corrected chi connectivity index (χ3v) is 4.56. The smallest absolute Gasteiger partial charge is 0.0227 e. The molecule has 0 amide bonds. The summed E-state index contributed by atoms with van der Waals surface area (Å²) in [6, 6.07) is 0.603. The molecule has 0 spiro atoms. The summed E-state index contributed by atoms with van der Waals surface area (Å²) in [7, 11) is 0. The molecule has 1 unspecified atom stereocenters. The van der Waals surface area contributed by atoms with E-state index in [9.17, 15) is 0 Å². The molecule has 17 heavy (non-hydrogen) atoms. The van der Waals surface area contributed by atoms with Crippen molar-refractivity contribution in [3.63, 3.8) is 0 Å². The minimum atomic E-state index is 0.381. The van der Waals surface area contributed by atoms with Crippen molar-refractivity contribution in [3.8, 4) is 0 Å². The number of allylic oxidation sites excluding steroid dienone is 2. The Morgan fingerprint density at radius 3 is 2.47 bits per heavy atom. The second-order valence-corrected chi connectivity index (χ2v) is 6.21. The predicted octanol–water partition coefficient (Wildman–Crippen LogP) is 4.88. The summed E-state index contributed by atoms with van der Waals surface area (Å²) in [6.45, 7) is 14.1. The van der Waals surface area contributed by atoms with Gasteiger partial charge in [-0.1, -0.05) is 40.2 Å². The summed E-state index contributed by atoms with van der Waals surface area (Å²) in [4.78, 5) is 0. The first-order chi connectivity index (χ1) is 7.96. The molecular weight excluding hydrogens is 206 g/mol. The van der Waals surface area contributed by atoms with E-state index < -0.39 is 0 Å². The van der Waals surface area contributed by atoms with Crippen molar-refractivity contribution in [2.45, 2.75) is 79.7 Å². The standard InChI is InChI=1S/C16H31N/c1-7-13(5)17-15-14(8-2)10-12(4)11-16(15,6)9-3/h12-13,17H,7-11H2,1-6H3/t12?,13-,16-/m0/s1. The monoisotopic (exact) mass is 237 g/mol. The van der Waals surface area contributed by atoms with Crippen LogP contribution >= 0.6 is 0 Å². The summed E-state index contributed by atoms with van der Waals surface area (Å²) < 4.78 is 0. The lowest BCUT2D eigenvalue weighted by molar-refractivity contribution is 0.239. The number of rotatable bonds is 5. The molecule has 0 radical (unpaired) electrons. The van der Waals surface area contributed by atoms with Crippen molar-refractivity contribution in [2.24, 2.45) is 11.3 Å². The van der Waals surface area contributed by atoms with Crippen LogP contribution in [0.2, 0.25) is 0 Å². The van der Waals surface area contributed by atoms with Crippen molar-refractivity contribution in [2.75, 3.05) is 0 Å². The Morgan fingerprint density at radius 2 is 2.00 bits per heavy atom. The molecule has 0 heterocycles. The molecular formula is C16H31N. The lowest BCUT2D eigenvalue weighted by atomic mass is 9.68. The fourth-order valence-corrected chi connectivity index (χ4v) is 3.16. The van der Waals surface area contributed by atoms with Gasteiger partial charge in [0, 0.05) is 17.2 Å². The fourth-order valence-electron chi connectivity index (χ4n) is 3.16. The van der Waals surface area contributed by atoms with Gasteiger partial charge >= 0.3 is 0 Å². The van der Waals surface area contributed by atoms with Crippen molar-refractivity contribution in [3.05, 3.63) is 11.3 Å². The van der Waals surface area contributed by atoms with E-state index in [2.05, 4.69) is 46.9 Å². The van der Waals surface area contributed by atoms with Gasteiger partial charge in [0.2, 0.25) is 0 Å². The van der Waals surface area contributed by atoms with Gasteiger partial charge in [0.25, 0.3) is 0 Å². The molecule has 0 fully saturated rings. The Labute approximate surface area is 108 Å². The highest BCUT2D eigenvalue weighted by Crippen LogP contribution is 2.45. The van der Waals surface area contributed by atoms with Crippen LogP contribution in [0, 0.1) is 11.3 Å². The lowest BCUT2D eigenvalue weighted by Gasteiger charge is -2.42. The molecule has 1 aliphatic carbocycles. The van der Waals surface area contributed by atoms with Crippen LogP contribution in [0.5, 0.6) is 0 Å². The van der Waals surface area contributed by atoms with Crippen LogP contribution in [0.25, 0.3) is 0 Å². The van der Waals surface area contributed by atoms with E-state index in [0.717, 1.165) is 5.92 Å². The highest BCUT2D eigenvalue weighted by atomic mass is 14.9. The normalized spacial score (nSPS) is 31.5. The maximum Gasteiger partial charge on any atom is 0.0227 e. The third-order valence-electron chi connectivity index (χ3n) is 4.56. The zero-order chi connectivity index (χ0) is 13.1. The van der Waals surface area contributed by atoms with Crippen LogP contribution in [0.4, 0.5) is 0 Å². The average molecular weight is 237 g/mol. The van der Waals surface area contributed by atoms with Gasteiger partial charge in [-0.2, -0.15) is 0 Å². The molecule has 0 saturated heterocycles. The molecule has 1 nitrogen and oxygen atoms in total. The van der Waals surface area contributed by atoms with E-state index in [-0.39, 0.29) is 0 Å². The first-order valence-corrected chi connectivity index (χ1v) is 7.45. The SMILES string of the molecule is CCC1=C(N[C@@H](C)CC)[C@@](C)(CC)CC(C)C1. The largest absolute Gasteiger partial charge is 0.385 e. The maximum absolute atomic E-state index is 3.81. The minimum absolute atomic E-state index is 0.381. The van der Waals surface area contributed by atoms with Gasteiger partial charge in [0.05, 0.1) is 0 Å². The average Bonchev–Trinajstić information content (AvgIpc) is 2.31. The Hall–Kier alpha value is -0.460. The number of hydrogen-bond acceptors (Lipinski definition) is 1. The Balaban J connectivity index is 3.03. The summed E-state index contributed by atoms with van der Waals surface area (Å²) in [6.07, 6.45) is 6.30. The molecule has 0 saturated carbocycles. The van der Waals surface area contributed by atoms with Gasteiger partial charge in [-0.15, -0.1) is 0 Å². The van der Waals surface area contributed by atoms with E-state index in [1.165, 1.54) is 32.1 Å². The summed E-state index contributed by atoms with van der Waals surface area (Å²) in [5.41, 5.74) is 3.63. The molecule has 1 heteroatoms. The summed E-state index contributed by atoms with van der Waals surface area (Å²) >= 11 is 0. The molecule has 0 aromatic rings. The predicted molar refractivity (Wildman–Crippen MR) is 77.0 cm³/mol. The van der Waals surface area contributed by atoms with Gasteiger partial charge < -0.3 is 5.32 Å². The van der Waals surface area contributed by atoms with Crippen LogP contribution in [-0.2, 0) is 0 Å². The van der Waals surface area contributed by atoms with Crippen molar-refractivity contribution in [1.82, 2.24) is 5.32 Å². The topological polar surface area (TPSA) is 12.0 Å². The van der Waals surface area contributed by atoms with Gasteiger partial charge in [-0.3, -0.25) is 0 Å². The third kappa shape index (κ3) is 3.26. The van der Waals surface area contributed by atoms with Crippen LogP contribution in [0.15, 0.2) is 11.3 Å². The van der Waals surface area contributed by atoms with Crippen LogP contribution in [-0.4, -0.2) is 6.04 Å². The molecule has 1 aliphatic rings. The van der Waals surface area contributed by atoms with E-state index in [1.54, 1.807) is 11.3 Å². The number of hydrogen-bond donors (Lipinski definition) is 1. The first-order valence-electron chi connectivity index (χ1n) is 7.45. The minimum Gasteiger partial charge on any atom is -0.385 e. The molecule has 3 atom stereocenters. The fraction of sp³-hybridized carbons (Fsp3) is 0.875. The second kappa shape index (κ2) is 5.93. The Kier molecular flexibility index (Phi) is 5.09. The van der Waals surface area contributed by atoms with Crippen molar-refractivity contribution < 1.29 is 0 Å². The van der Waals surface area contributed by atoms with E-state index >= 15 is 0 Å². The molecule has 1 N–H and O–H groups in total. The first kappa shape index (κ1) is 14.6. The molecule has 1 rings (SSSR count). The number of nitrogens with one attached hydrogen (secondary N) is 1. The molecule has 0 bridgehead atoms. The zero-order valence-corrected chi connectivity index (χ0v) is 12.7. The highest BCUT2D eigenvalue weighted by Gasteiger charge is 2.35. The molecule has 0 aliphatic heterocycles. The molecule has 0 aromatic heterocycles. The zero-order valence-electron chi connectivity index (χ0n) is 12.7. The van der Waals surface area contributed by atoms with E-state index in [4.69, 9.17) is 0 Å². The van der Waals surface area contributed by atoms with Crippen LogP contribution < -0.4 is 5.32 Å². The Bertz CT molecular complexity index is 279. The highest BCUT2D eigenvalue weighted by molar-refractivity contribution is 5.24. The van der Waals surface area contributed by atoms with Gasteiger partial charge in [0.1, 0.15) is 0 Å². The summed E-state index contributed by atoms with van der Waals surface area (Å²) in [5.74, 6) is 0.845. The van der Waals surface area contributed by atoms with Crippen molar-refractivity contribution in [1.29, 1.82) is 0 Å². The molecule has 0 aromatic carbocycles. The van der Waals surface area contributed by atoms with Gasteiger partial charge in [0.15, 0.2) is 0 Å². The Morgan fingerprint density at radius 1 is 1.35 bits per heavy atom. The van der Waals surface area contributed by atoms with Crippen LogP contribution in [0.1, 0.15) is 73.6 Å². The van der Waals surface area contributed by atoms with Gasteiger partial charge in [-0.05, 0) is 44.9 Å². The van der Waals surface area contributed by atoms with E-state index in [0.29, 0.717) is 11.5 Å². The van der Waals surface area contributed by atoms with E-state index in [1.807, 2.05) is 0 Å². The summed E-state index contributed by atoms with van der Waals surface area (Å²) in [5, 5.41) is 3.81. The van der Waals surface area contributed by atoms with Crippen molar-refractivity contribution >= 4 is 0 Å². The second-order valence-electron chi connectivity index (χ2n) is 6.21. The maximum atomic E-state index is 3.81. The lowest BCUT2D eigenvalue weighted by Crippen LogP contribution is -2.39. The van der Waals surface area contributed by atoms with Gasteiger partial charge in [-0.25, -0.2) is 0 Å². The quantitative estimate of drug-likeness (QED) is 0.718.